The standard InChI is InChI=1S/C17H26N2O2/c1-6-16(4,5)19-13(12(2)3)14(20)18-17(15(19)21)10-8-7-9-11-17/h1,12-13H,7-11H2,2-5H3,(H,18,20). The van der Waals surface area contributed by atoms with Gasteiger partial charge >= 0.3 is 0 Å². The fourth-order valence-electron chi connectivity index (χ4n) is 3.60. The first-order chi connectivity index (χ1) is 9.75. The van der Waals surface area contributed by atoms with Crippen LogP contribution in [0.3, 0.4) is 0 Å². The predicted molar refractivity (Wildman–Crippen MR) is 82.3 cm³/mol. The van der Waals surface area contributed by atoms with E-state index in [9.17, 15) is 9.59 Å². The van der Waals surface area contributed by atoms with Gasteiger partial charge in [-0.25, -0.2) is 0 Å². The van der Waals surface area contributed by atoms with Crippen LogP contribution in [0.2, 0.25) is 0 Å². The minimum atomic E-state index is -0.756. The van der Waals surface area contributed by atoms with Gasteiger partial charge in [-0.05, 0) is 32.6 Å². The van der Waals surface area contributed by atoms with E-state index in [1.807, 2.05) is 27.7 Å². The Bertz CT molecular complexity index is 482. The van der Waals surface area contributed by atoms with Gasteiger partial charge in [-0.3, -0.25) is 9.59 Å². The molecule has 1 unspecified atom stereocenters. The predicted octanol–water partition coefficient (Wildman–Crippen LogP) is 2.08. The number of hydrogen-bond donors (Lipinski definition) is 1. The van der Waals surface area contributed by atoms with E-state index in [1.165, 1.54) is 0 Å². The number of nitrogens with zero attached hydrogens (tertiary/aromatic N) is 1. The largest absolute Gasteiger partial charge is 0.340 e. The zero-order valence-electron chi connectivity index (χ0n) is 13.5. The maximum absolute atomic E-state index is 13.2. The van der Waals surface area contributed by atoms with Gasteiger partial charge in [0.05, 0.1) is 5.54 Å². The fourth-order valence-corrected chi connectivity index (χ4v) is 3.60. The molecule has 0 radical (unpaired) electrons. The smallest absolute Gasteiger partial charge is 0.250 e. The molecular formula is C17H26N2O2. The zero-order chi connectivity index (χ0) is 15.8. The van der Waals surface area contributed by atoms with Crippen LogP contribution in [-0.2, 0) is 9.59 Å². The molecule has 2 rings (SSSR count). The molecule has 1 saturated carbocycles. The van der Waals surface area contributed by atoms with Crippen LogP contribution < -0.4 is 5.32 Å². The molecule has 0 aromatic carbocycles. The Morgan fingerprint density at radius 2 is 1.86 bits per heavy atom. The van der Waals surface area contributed by atoms with E-state index in [-0.39, 0.29) is 17.7 Å². The highest BCUT2D eigenvalue weighted by Crippen LogP contribution is 2.37. The Kier molecular flexibility index (Phi) is 4.06. The van der Waals surface area contributed by atoms with Crippen LogP contribution in [0.5, 0.6) is 0 Å². The SMILES string of the molecule is C#CC(C)(C)N1C(=O)C2(CCCCC2)NC(=O)C1C(C)C. The highest BCUT2D eigenvalue weighted by molar-refractivity contribution is 6.00. The molecule has 0 bridgehead atoms. The summed E-state index contributed by atoms with van der Waals surface area (Å²) in [7, 11) is 0. The summed E-state index contributed by atoms with van der Waals surface area (Å²) in [4.78, 5) is 27.5. The van der Waals surface area contributed by atoms with Crippen LogP contribution in [0.4, 0.5) is 0 Å². The van der Waals surface area contributed by atoms with E-state index in [0.29, 0.717) is 0 Å². The summed E-state index contributed by atoms with van der Waals surface area (Å²) in [6.45, 7) is 7.59. The number of amides is 2. The van der Waals surface area contributed by atoms with Crippen LogP contribution in [-0.4, -0.2) is 33.8 Å². The van der Waals surface area contributed by atoms with Crippen LogP contribution in [0.25, 0.3) is 0 Å². The van der Waals surface area contributed by atoms with Crippen LogP contribution in [0.1, 0.15) is 59.8 Å². The molecule has 0 aromatic rings. The minimum absolute atomic E-state index is 0.00319. The van der Waals surface area contributed by atoms with Gasteiger partial charge in [-0.15, -0.1) is 6.42 Å². The Morgan fingerprint density at radius 1 is 1.29 bits per heavy atom. The number of piperazine rings is 1. The van der Waals surface area contributed by atoms with Gasteiger partial charge in [0.1, 0.15) is 11.6 Å². The first-order valence-corrected chi connectivity index (χ1v) is 7.89. The molecule has 21 heavy (non-hydrogen) atoms. The molecule has 116 valence electrons. The molecule has 4 heteroatoms. The Balaban J connectivity index is 2.46. The van der Waals surface area contributed by atoms with Gasteiger partial charge in [-0.1, -0.05) is 39.0 Å². The quantitative estimate of drug-likeness (QED) is 0.792. The molecule has 1 heterocycles. The van der Waals surface area contributed by atoms with Crippen molar-refractivity contribution in [3.05, 3.63) is 0 Å². The van der Waals surface area contributed by atoms with Crippen molar-refractivity contribution in [2.45, 2.75) is 76.9 Å². The number of hydrogen-bond acceptors (Lipinski definition) is 2. The van der Waals surface area contributed by atoms with Crippen molar-refractivity contribution >= 4 is 11.8 Å². The van der Waals surface area contributed by atoms with Crippen molar-refractivity contribution in [1.82, 2.24) is 10.2 Å². The number of carbonyl (C=O) groups excluding carboxylic acids is 2. The lowest BCUT2D eigenvalue weighted by Crippen LogP contribution is -2.75. The van der Waals surface area contributed by atoms with E-state index in [4.69, 9.17) is 6.42 Å². The third-order valence-corrected chi connectivity index (χ3v) is 4.83. The van der Waals surface area contributed by atoms with E-state index in [0.717, 1.165) is 32.1 Å². The number of carbonyl (C=O) groups is 2. The van der Waals surface area contributed by atoms with E-state index in [2.05, 4.69) is 11.2 Å². The minimum Gasteiger partial charge on any atom is -0.340 e. The van der Waals surface area contributed by atoms with Crippen molar-refractivity contribution in [3.8, 4) is 12.3 Å². The topological polar surface area (TPSA) is 49.4 Å². The second-order valence-electron chi connectivity index (χ2n) is 7.20. The molecule has 1 N–H and O–H groups in total. The first-order valence-electron chi connectivity index (χ1n) is 7.89. The van der Waals surface area contributed by atoms with Gasteiger partial charge < -0.3 is 10.2 Å². The highest BCUT2D eigenvalue weighted by Gasteiger charge is 2.55. The maximum Gasteiger partial charge on any atom is 0.250 e. The normalized spacial score (nSPS) is 25.9. The van der Waals surface area contributed by atoms with Crippen LogP contribution >= 0.6 is 0 Å². The molecule has 1 saturated heterocycles. The molecule has 2 fully saturated rings. The van der Waals surface area contributed by atoms with Gasteiger partial charge in [-0.2, -0.15) is 0 Å². The molecule has 2 aliphatic rings. The lowest BCUT2D eigenvalue weighted by atomic mass is 9.76. The van der Waals surface area contributed by atoms with Crippen molar-refractivity contribution in [1.29, 1.82) is 0 Å². The summed E-state index contributed by atoms with van der Waals surface area (Å²) < 4.78 is 0. The molecule has 1 atom stereocenters. The van der Waals surface area contributed by atoms with Crippen LogP contribution in [0, 0.1) is 18.3 Å². The summed E-state index contributed by atoms with van der Waals surface area (Å²) in [5.41, 5.74) is -1.48. The van der Waals surface area contributed by atoms with Crippen molar-refractivity contribution in [2.24, 2.45) is 5.92 Å². The molecule has 0 aromatic heterocycles. The summed E-state index contributed by atoms with van der Waals surface area (Å²) in [6, 6.07) is -0.490. The fraction of sp³-hybridized carbons (Fsp3) is 0.765. The summed E-state index contributed by atoms with van der Waals surface area (Å²) in [6.07, 6.45) is 10.2. The van der Waals surface area contributed by atoms with Gasteiger partial charge in [0.25, 0.3) is 0 Å². The van der Waals surface area contributed by atoms with Gasteiger partial charge in [0.2, 0.25) is 11.8 Å². The summed E-state index contributed by atoms with van der Waals surface area (Å²) in [5, 5.41) is 3.04. The van der Waals surface area contributed by atoms with Crippen molar-refractivity contribution in [3.63, 3.8) is 0 Å². The number of terminal acetylenes is 1. The lowest BCUT2D eigenvalue weighted by molar-refractivity contribution is -0.163. The Morgan fingerprint density at radius 3 is 2.33 bits per heavy atom. The van der Waals surface area contributed by atoms with E-state index in [1.54, 1.807) is 4.90 Å². The number of nitrogens with one attached hydrogen (secondary N) is 1. The monoisotopic (exact) mass is 290 g/mol. The van der Waals surface area contributed by atoms with E-state index < -0.39 is 17.1 Å². The van der Waals surface area contributed by atoms with Gasteiger partial charge in [0, 0.05) is 0 Å². The van der Waals surface area contributed by atoms with Crippen molar-refractivity contribution in [2.75, 3.05) is 0 Å². The second-order valence-corrected chi connectivity index (χ2v) is 7.20. The molecule has 1 spiro atoms. The van der Waals surface area contributed by atoms with Gasteiger partial charge in [0.15, 0.2) is 0 Å². The third-order valence-electron chi connectivity index (χ3n) is 4.83. The first kappa shape index (κ1) is 15.9. The van der Waals surface area contributed by atoms with Crippen molar-refractivity contribution < 1.29 is 9.59 Å². The Labute approximate surface area is 127 Å². The molecule has 4 nitrogen and oxygen atoms in total. The molecule has 2 amide bonds. The average Bonchev–Trinajstić information content (AvgIpc) is 2.43. The Hall–Kier alpha value is -1.50. The summed E-state index contributed by atoms with van der Waals surface area (Å²) >= 11 is 0. The average molecular weight is 290 g/mol. The van der Waals surface area contributed by atoms with E-state index >= 15 is 0 Å². The molecule has 1 aliphatic heterocycles. The number of rotatable bonds is 2. The molecule has 1 aliphatic carbocycles. The van der Waals surface area contributed by atoms with Crippen LogP contribution in [0.15, 0.2) is 0 Å². The lowest BCUT2D eigenvalue weighted by Gasteiger charge is -2.52. The summed E-state index contributed by atoms with van der Waals surface area (Å²) in [5.74, 6) is 2.67. The third kappa shape index (κ3) is 2.54. The molecular weight excluding hydrogens is 264 g/mol. The zero-order valence-corrected chi connectivity index (χ0v) is 13.5. The second kappa shape index (κ2) is 5.36. The highest BCUT2D eigenvalue weighted by atomic mass is 16.2. The maximum atomic E-state index is 13.2.